The number of aliphatic carboxylic acids is 1. The number of carboxylic acids is 1. The topological polar surface area (TPSA) is 49.3 Å². The van der Waals surface area contributed by atoms with Crippen molar-refractivity contribution in [1.82, 2.24) is 5.32 Å². The molecule has 0 heterocycles. The van der Waals surface area contributed by atoms with Gasteiger partial charge in [-0.15, -0.1) is 0 Å². The SMILES string of the molecule is CC(C)C[C@@H](NCc1ccc(Cl)c(F)c1)C(=O)O. The van der Waals surface area contributed by atoms with Crippen LogP contribution in [0.1, 0.15) is 25.8 Å². The summed E-state index contributed by atoms with van der Waals surface area (Å²) in [5, 5.41) is 12.0. The van der Waals surface area contributed by atoms with Gasteiger partial charge in [-0.1, -0.05) is 31.5 Å². The van der Waals surface area contributed by atoms with Gasteiger partial charge in [0.1, 0.15) is 11.9 Å². The van der Waals surface area contributed by atoms with E-state index >= 15 is 0 Å². The van der Waals surface area contributed by atoms with Crippen molar-refractivity contribution in [3.8, 4) is 0 Å². The highest BCUT2D eigenvalue weighted by molar-refractivity contribution is 6.30. The summed E-state index contributed by atoms with van der Waals surface area (Å²) < 4.78 is 13.2. The number of carbonyl (C=O) groups is 1. The first-order valence-electron chi connectivity index (χ1n) is 5.80. The summed E-state index contributed by atoms with van der Waals surface area (Å²) in [4.78, 5) is 11.0. The van der Waals surface area contributed by atoms with E-state index < -0.39 is 17.8 Å². The smallest absolute Gasteiger partial charge is 0.320 e. The van der Waals surface area contributed by atoms with Gasteiger partial charge in [-0.05, 0) is 30.0 Å². The third kappa shape index (κ3) is 4.63. The highest BCUT2D eigenvalue weighted by Crippen LogP contribution is 2.15. The summed E-state index contributed by atoms with van der Waals surface area (Å²) in [6.07, 6.45) is 0.533. The fourth-order valence-electron chi connectivity index (χ4n) is 1.63. The van der Waals surface area contributed by atoms with Crippen molar-refractivity contribution in [2.75, 3.05) is 0 Å². The van der Waals surface area contributed by atoms with Gasteiger partial charge in [-0.3, -0.25) is 4.79 Å². The standard InChI is InChI=1S/C13H17ClFNO2/c1-8(2)5-12(13(17)18)16-7-9-3-4-10(14)11(15)6-9/h3-4,6,8,12,16H,5,7H2,1-2H3,(H,17,18)/t12-/m1/s1. The van der Waals surface area contributed by atoms with E-state index in [0.717, 1.165) is 0 Å². The lowest BCUT2D eigenvalue weighted by atomic mass is 10.0. The summed E-state index contributed by atoms with van der Waals surface area (Å²) in [5.41, 5.74) is 0.673. The van der Waals surface area contributed by atoms with Gasteiger partial charge in [0.25, 0.3) is 0 Å². The predicted molar refractivity (Wildman–Crippen MR) is 69.1 cm³/mol. The zero-order valence-corrected chi connectivity index (χ0v) is 11.2. The Morgan fingerprint density at radius 3 is 2.67 bits per heavy atom. The van der Waals surface area contributed by atoms with Gasteiger partial charge in [0.05, 0.1) is 5.02 Å². The second kappa shape index (κ2) is 6.71. The van der Waals surface area contributed by atoms with Crippen molar-refractivity contribution in [3.63, 3.8) is 0 Å². The summed E-state index contributed by atoms with van der Waals surface area (Å²) in [5.74, 6) is -1.11. The number of halogens is 2. The maximum Gasteiger partial charge on any atom is 0.320 e. The first-order valence-corrected chi connectivity index (χ1v) is 6.18. The molecule has 3 nitrogen and oxygen atoms in total. The van der Waals surface area contributed by atoms with Crippen molar-refractivity contribution in [1.29, 1.82) is 0 Å². The van der Waals surface area contributed by atoms with Crippen LogP contribution in [0.3, 0.4) is 0 Å². The number of hydrogen-bond donors (Lipinski definition) is 2. The molecule has 0 bridgehead atoms. The molecule has 0 aliphatic heterocycles. The summed E-state index contributed by atoms with van der Waals surface area (Å²) >= 11 is 5.57. The molecule has 0 aromatic heterocycles. The molecule has 0 aliphatic carbocycles. The molecule has 5 heteroatoms. The van der Waals surface area contributed by atoms with Crippen LogP contribution in [-0.2, 0) is 11.3 Å². The Hall–Kier alpha value is -1.13. The Labute approximate surface area is 111 Å². The molecular weight excluding hydrogens is 257 g/mol. The zero-order chi connectivity index (χ0) is 13.7. The minimum absolute atomic E-state index is 0.0655. The quantitative estimate of drug-likeness (QED) is 0.837. The molecule has 0 spiro atoms. The molecule has 18 heavy (non-hydrogen) atoms. The minimum Gasteiger partial charge on any atom is -0.480 e. The van der Waals surface area contributed by atoms with Gasteiger partial charge in [0.15, 0.2) is 0 Å². The number of benzene rings is 1. The fraction of sp³-hybridized carbons (Fsp3) is 0.462. The fourth-order valence-corrected chi connectivity index (χ4v) is 1.75. The van der Waals surface area contributed by atoms with E-state index in [1.165, 1.54) is 12.1 Å². The van der Waals surface area contributed by atoms with Crippen LogP contribution in [0.4, 0.5) is 4.39 Å². The lowest BCUT2D eigenvalue weighted by Crippen LogP contribution is -2.37. The summed E-state index contributed by atoms with van der Waals surface area (Å²) in [6, 6.07) is 3.83. The molecule has 0 fully saturated rings. The molecule has 0 radical (unpaired) electrons. The summed E-state index contributed by atoms with van der Waals surface area (Å²) in [7, 11) is 0. The number of nitrogens with one attached hydrogen (secondary N) is 1. The highest BCUT2D eigenvalue weighted by atomic mass is 35.5. The molecule has 100 valence electrons. The molecule has 0 saturated heterocycles. The van der Waals surface area contributed by atoms with E-state index in [1.807, 2.05) is 13.8 Å². The van der Waals surface area contributed by atoms with Crippen LogP contribution in [0.15, 0.2) is 18.2 Å². The van der Waals surface area contributed by atoms with Crippen LogP contribution in [-0.4, -0.2) is 17.1 Å². The third-order valence-corrected chi connectivity index (χ3v) is 2.85. The minimum atomic E-state index is -0.891. The van der Waals surface area contributed by atoms with Crippen molar-refractivity contribution in [2.45, 2.75) is 32.9 Å². The molecule has 2 N–H and O–H groups in total. The molecule has 1 atom stereocenters. The van der Waals surface area contributed by atoms with Gasteiger partial charge in [-0.25, -0.2) is 4.39 Å². The first kappa shape index (κ1) is 14.9. The van der Waals surface area contributed by atoms with Crippen LogP contribution < -0.4 is 5.32 Å². The first-order chi connectivity index (χ1) is 8.40. The molecule has 1 rings (SSSR count). The van der Waals surface area contributed by atoms with Crippen LogP contribution in [0.2, 0.25) is 5.02 Å². The van der Waals surface area contributed by atoms with Crippen LogP contribution in [0.25, 0.3) is 0 Å². The van der Waals surface area contributed by atoms with Crippen LogP contribution >= 0.6 is 11.6 Å². The van der Waals surface area contributed by atoms with Crippen LogP contribution in [0.5, 0.6) is 0 Å². The van der Waals surface area contributed by atoms with E-state index in [0.29, 0.717) is 18.5 Å². The zero-order valence-electron chi connectivity index (χ0n) is 10.4. The lowest BCUT2D eigenvalue weighted by molar-refractivity contribution is -0.140. The van der Waals surface area contributed by atoms with Crippen molar-refractivity contribution in [2.24, 2.45) is 5.92 Å². The number of hydrogen-bond acceptors (Lipinski definition) is 2. The van der Waals surface area contributed by atoms with Gasteiger partial charge < -0.3 is 10.4 Å². The van der Waals surface area contributed by atoms with E-state index in [2.05, 4.69) is 5.32 Å². The Bertz CT molecular complexity index is 423. The van der Waals surface area contributed by atoms with E-state index in [4.69, 9.17) is 16.7 Å². The number of rotatable bonds is 6. The largest absolute Gasteiger partial charge is 0.480 e. The highest BCUT2D eigenvalue weighted by Gasteiger charge is 2.18. The molecular formula is C13H17ClFNO2. The average Bonchev–Trinajstić information content (AvgIpc) is 2.28. The van der Waals surface area contributed by atoms with Crippen LogP contribution in [0, 0.1) is 11.7 Å². The normalized spacial score (nSPS) is 12.7. The lowest BCUT2D eigenvalue weighted by Gasteiger charge is -2.16. The third-order valence-electron chi connectivity index (χ3n) is 2.54. The molecule has 0 amide bonds. The van der Waals surface area contributed by atoms with Crippen molar-refractivity contribution in [3.05, 3.63) is 34.6 Å². The van der Waals surface area contributed by atoms with E-state index in [-0.39, 0.29) is 10.9 Å². The second-order valence-corrected chi connectivity index (χ2v) is 5.06. The van der Waals surface area contributed by atoms with E-state index in [9.17, 15) is 9.18 Å². The monoisotopic (exact) mass is 273 g/mol. The van der Waals surface area contributed by atoms with Gasteiger partial charge >= 0.3 is 5.97 Å². The Kier molecular flexibility index (Phi) is 5.56. The molecule has 0 aliphatic rings. The maximum absolute atomic E-state index is 13.2. The second-order valence-electron chi connectivity index (χ2n) is 4.65. The molecule has 0 unspecified atom stereocenters. The summed E-state index contributed by atoms with van der Waals surface area (Å²) in [6.45, 7) is 4.22. The predicted octanol–water partition coefficient (Wildman–Crippen LogP) is 3.07. The van der Waals surface area contributed by atoms with Gasteiger partial charge in [0.2, 0.25) is 0 Å². The molecule has 1 aromatic rings. The van der Waals surface area contributed by atoms with Gasteiger partial charge in [-0.2, -0.15) is 0 Å². The molecule has 1 aromatic carbocycles. The van der Waals surface area contributed by atoms with Gasteiger partial charge in [0, 0.05) is 6.54 Å². The maximum atomic E-state index is 13.2. The van der Waals surface area contributed by atoms with Crippen molar-refractivity contribution >= 4 is 17.6 Å². The molecule has 0 saturated carbocycles. The number of carboxylic acid groups (broad SMARTS) is 1. The Balaban J connectivity index is 2.61. The van der Waals surface area contributed by atoms with Crippen molar-refractivity contribution < 1.29 is 14.3 Å². The van der Waals surface area contributed by atoms with E-state index in [1.54, 1.807) is 6.07 Å². The Morgan fingerprint density at radius 2 is 2.17 bits per heavy atom. The Morgan fingerprint density at radius 1 is 1.50 bits per heavy atom. The average molecular weight is 274 g/mol.